The number of imide groups is 1. The molecule has 0 N–H and O–H groups in total. The lowest BCUT2D eigenvalue weighted by Gasteiger charge is -2.19. The fourth-order valence-corrected chi connectivity index (χ4v) is 4.44. The highest BCUT2D eigenvalue weighted by Crippen LogP contribution is 2.36. The molecule has 8 heteroatoms. The van der Waals surface area contributed by atoms with Gasteiger partial charge in [0.1, 0.15) is 11.5 Å². The van der Waals surface area contributed by atoms with Crippen LogP contribution in [0.15, 0.2) is 54.7 Å². The number of nitrogens with zero attached hydrogens (tertiary/aromatic N) is 2. The Morgan fingerprint density at radius 2 is 1.91 bits per heavy atom. The summed E-state index contributed by atoms with van der Waals surface area (Å²) in [5.74, 6) is 1.34. The quantitative estimate of drug-likeness (QED) is 0.366. The summed E-state index contributed by atoms with van der Waals surface area (Å²) in [6.07, 6.45) is 7.76. The minimum atomic E-state index is -0.401. The fourth-order valence-electron chi connectivity index (χ4n) is 3.54. The van der Waals surface area contributed by atoms with Gasteiger partial charge in [-0.3, -0.25) is 14.5 Å². The molecule has 6 nitrogen and oxygen atoms in total. The Kier molecular flexibility index (Phi) is 5.91. The normalized spacial score (nSPS) is 16.4. The first-order valence-corrected chi connectivity index (χ1v) is 11.9. The zero-order chi connectivity index (χ0) is 22.9. The van der Waals surface area contributed by atoms with Crippen molar-refractivity contribution in [3.8, 4) is 16.7 Å². The summed E-state index contributed by atoms with van der Waals surface area (Å²) in [7, 11) is 0. The summed E-state index contributed by atoms with van der Waals surface area (Å²) in [6, 6.07) is 11.8. The van der Waals surface area contributed by atoms with E-state index in [9.17, 15) is 9.59 Å². The number of benzene rings is 2. The second kappa shape index (κ2) is 9.00. The predicted molar refractivity (Wildman–Crippen MR) is 127 cm³/mol. The van der Waals surface area contributed by atoms with Gasteiger partial charge in [-0.1, -0.05) is 41.1 Å². The molecule has 1 aromatic heterocycles. The highest BCUT2D eigenvalue weighted by Gasteiger charge is 2.37. The monoisotopic (exact) mass is 480 g/mol. The molecule has 2 heterocycles. The van der Waals surface area contributed by atoms with Gasteiger partial charge in [-0.25, -0.2) is 4.98 Å². The third-order valence-electron chi connectivity index (χ3n) is 5.56. The SMILES string of the molecule is C[C@@H](C=Cc1cnc(Oc2ccc(OCC3CC3)cc2Cl)s1)N1C(=O)c2ccccc2C1=O. The highest BCUT2D eigenvalue weighted by atomic mass is 35.5. The van der Waals surface area contributed by atoms with Gasteiger partial charge < -0.3 is 9.47 Å². The molecular formula is C25H21ClN2O4S. The van der Waals surface area contributed by atoms with E-state index < -0.39 is 6.04 Å². The Balaban J connectivity index is 1.22. The number of hydrogen-bond donors (Lipinski definition) is 0. The molecule has 3 aromatic rings. The maximum absolute atomic E-state index is 12.6. The summed E-state index contributed by atoms with van der Waals surface area (Å²) in [5.41, 5.74) is 0.883. The molecule has 0 spiro atoms. The molecule has 2 aromatic carbocycles. The average Bonchev–Trinajstić information content (AvgIpc) is 3.48. The van der Waals surface area contributed by atoms with Gasteiger partial charge in [-0.05, 0) is 56.0 Å². The van der Waals surface area contributed by atoms with Crippen LogP contribution in [0, 0.1) is 5.92 Å². The Hall–Kier alpha value is -3.16. The minimum absolute atomic E-state index is 0.278. The number of rotatable bonds is 8. The van der Waals surface area contributed by atoms with Gasteiger partial charge in [0.2, 0.25) is 0 Å². The van der Waals surface area contributed by atoms with E-state index in [2.05, 4.69) is 4.98 Å². The van der Waals surface area contributed by atoms with Gasteiger partial charge in [0, 0.05) is 12.3 Å². The third kappa shape index (κ3) is 4.65. The lowest BCUT2D eigenvalue weighted by molar-refractivity contribution is 0.0625. The number of hydrogen-bond acceptors (Lipinski definition) is 6. The molecule has 0 saturated heterocycles. The van der Waals surface area contributed by atoms with Crippen LogP contribution in [0.4, 0.5) is 0 Å². The molecule has 0 radical (unpaired) electrons. The Bertz CT molecular complexity index is 1220. The van der Waals surface area contributed by atoms with Gasteiger partial charge in [0.15, 0.2) is 0 Å². The molecule has 1 saturated carbocycles. The highest BCUT2D eigenvalue weighted by molar-refractivity contribution is 7.14. The maximum atomic E-state index is 12.6. The number of halogens is 1. The molecule has 2 amide bonds. The molecule has 1 fully saturated rings. The van der Waals surface area contributed by atoms with Crippen LogP contribution in [0.5, 0.6) is 16.7 Å². The van der Waals surface area contributed by atoms with Gasteiger partial charge >= 0.3 is 0 Å². The number of carbonyl (C=O) groups is 2. The van der Waals surface area contributed by atoms with Gasteiger partial charge in [-0.15, -0.1) is 0 Å². The van der Waals surface area contributed by atoms with Crippen molar-refractivity contribution >= 4 is 40.8 Å². The van der Waals surface area contributed by atoms with Crippen molar-refractivity contribution in [2.75, 3.05) is 6.61 Å². The number of carbonyl (C=O) groups excluding carboxylic acids is 2. The van der Waals surface area contributed by atoms with Crippen molar-refractivity contribution in [2.45, 2.75) is 25.8 Å². The molecule has 168 valence electrons. The zero-order valence-electron chi connectivity index (χ0n) is 17.9. The van der Waals surface area contributed by atoms with Gasteiger partial charge in [0.25, 0.3) is 17.0 Å². The smallest absolute Gasteiger partial charge is 0.279 e. The molecule has 1 atom stereocenters. The van der Waals surface area contributed by atoms with E-state index in [0.29, 0.717) is 33.0 Å². The molecular weight excluding hydrogens is 460 g/mol. The molecule has 0 unspecified atom stereocenters. The summed E-state index contributed by atoms with van der Waals surface area (Å²) < 4.78 is 11.6. The van der Waals surface area contributed by atoms with Crippen molar-refractivity contribution in [2.24, 2.45) is 5.92 Å². The van der Waals surface area contributed by atoms with E-state index >= 15 is 0 Å². The lowest BCUT2D eigenvalue weighted by atomic mass is 10.1. The average molecular weight is 481 g/mol. The van der Waals surface area contributed by atoms with Crippen molar-refractivity contribution in [3.05, 3.63) is 75.8 Å². The van der Waals surface area contributed by atoms with Crippen molar-refractivity contribution in [1.82, 2.24) is 9.88 Å². The minimum Gasteiger partial charge on any atom is -0.493 e. The van der Waals surface area contributed by atoms with Crippen LogP contribution in [0.25, 0.3) is 6.08 Å². The van der Waals surface area contributed by atoms with E-state index in [1.54, 1.807) is 48.7 Å². The molecule has 5 rings (SSSR count). The number of thiazole rings is 1. The van der Waals surface area contributed by atoms with Crippen LogP contribution in [-0.4, -0.2) is 34.3 Å². The van der Waals surface area contributed by atoms with E-state index in [0.717, 1.165) is 17.2 Å². The lowest BCUT2D eigenvalue weighted by Crippen LogP contribution is -2.36. The van der Waals surface area contributed by atoms with Crippen LogP contribution in [0.2, 0.25) is 5.02 Å². The molecule has 33 heavy (non-hydrogen) atoms. The van der Waals surface area contributed by atoms with Crippen LogP contribution >= 0.6 is 22.9 Å². The Morgan fingerprint density at radius 1 is 1.18 bits per heavy atom. The number of amides is 2. The van der Waals surface area contributed by atoms with Crippen LogP contribution in [-0.2, 0) is 0 Å². The zero-order valence-corrected chi connectivity index (χ0v) is 19.4. The van der Waals surface area contributed by atoms with E-state index in [4.69, 9.17) is 21.1 Å². The topological polar surface area (TPSA) is 68.7 Å². The molecule has 1 aliphatic heterocycles. The number of aromatic nitrogens is 1. The molecule has 0 bridgehead atoms. The van der Waals surface area contributed by atoms with Crippen LogP contribution < -0.4 is 9.47 Å². The fraction of sp³-hybridized carbons (Fsp3) is 0.240. The first-order valence-electron chi connectivity index (χ1n) is 10.7. The van der Waals surface area contributed by atoms with Crippen LogP contribution in [0.3, 0.4) is 0 Å². The van der Waals surface area contributed by atoms with Gasteiger partial charge in [-0.2, -0.15) is 0 Å². The molecule has 1 aliphatic carbocycles. The Morgan fingerprint density at radius 3 is 2.58 bits per heavy atom. The van der Waals surface area contributed by atoms with E-state index in [-0.39, 0.29) is 11.8 Å². The first-order chi connectivity index (χ1) is 16.0. The van der Waals surface area contributed by atoms with Crippen LogP contribution in [0.1, 0.15) is 45.4 Å². The summed E-state index contributed by atoms with van der Waals surface area (Å²) >= 11 is 7.68. The molecule has 2 aliphatic rings. The number of fused-ring (bicyclic) bond motifs is 1. The third-order valence-corrected chi connectivity index (χ3v) is 6.69. The van der Waals surface area contributed by atoms with E-state index in [1.807, 2.05) is 19.1 Å². The van der Waals surface area contributed by atoms with E-state index in [1.165, 1.54) is 29.1 Å². The Labute approximate surface area is 200 Å². The van der Waals surface area contributed by atoms with Gasteiger partial charge in [0.05, 0.1) is 33.7 Å². The van der Waals surface area contributed by atoms with Crippen molar-refractivity contribution in [1.29, 1.82) is 0 Å². The summed E-state index contributed by atoms with van der Waals surface area (Å²) in [5, 5.41) is 0.895. The first kappa shape index (κ1) is 21.7. The predicted octanol–water partition coefficient (Wildman–Crippen LogP) is 6.08. The summed E-state index contributed by atoms with van der Waals surface area (Å²) in [6.45, 7) is 2.53. The number of ether oxygens (including phenoxy) is 2. The standard InChI is InChI=1S/C25H21ClN2O4S/c1-15(28-23(29)19-4-2-3-5-20(19)24(28)30)6-10-18-13-27-25(33-18)32-22-11-9-17(12-21(22)26)31-14-16-7-8-16/h2-6,9-13,15-16H,7-8,14H2,1H3/t15-/m0/s1. The second-order valence-corrected chi connectivity index (χ2v) is 9.53. The van der Waals surface area contributed by atoms with Crippen molar-refractivity contribution in [3.63, 3.8) is 0 Å². The summed E-state index contributed by atoms with van der Waals surface area (Å²) in [4.78, 5) is 31.6. The second-order valence-electron chi connectivity index (χ2n) is 8.10. The largest absolute Gasteiger partial charge is 0.493 e. The maximum Gasteiger partial charge on any atom is 0.279 e. The van der Waals surface area contributed by atoms with Crippen molar-refractivity contribution < 1.29 is 19.1 Å².